The molecule has 0 unspecified atom stereocenters. The van der Waals surface area contributed by atoms with E-state index in [0.29, 0.717) is 0 Å². The Balaban J connectivity index is 2.46. The number of pyridine rings is 1. The van der Waals surface area contributed by atoms with Crippen LogP contribution >= 0.6 is 0 Å². The third kappa shape index (κ3) is 4.53. The van der Waals surface area contributed by atoms with Crippen LogP contribution in [0.25, 0.3) is 0 Å². The van der Waals surface area contributed by atoms with Gasteiger partial charge in [0, 0.05) is 6.20 Å². The van der Waals surface area contributed by atoms with Gasteiger partial charge >= 0.3 is 0 Å². The van der Waals surface area contributed by atoms with Crippen molar-refractivity contribution in [1.29, 1.82) is 0 Å². The van der Waals surface area contributed by atoms with E-state index in [2.05, 4.69) is 17.2 Å². The highest BCUT2D eigenvalue weighted by molar-refractivity contribution is 5.81. The van der Waals surface area contributed by atoms with E-state index in [1.807, 2.05) is 25.1 Å². The molecule has 0 spiro atoms. The van der Waals surface area contributed by atoms with Crippen LogP contribution in [0.3, 0.4) is 0 Å². The Hall–Kier alpha value is -1.42. The number of unbranched alkanes of at least 4 members (excludes halogenated alkanes) is 1. The monoisotopic (exact) mass is 235 g/mol. The van der Waals surface area contributed by atoms with Crippen molar-refractivity contribution in [2.75, 3.05) is 0 Å². The van der Waals surface area contributed by atoms with Gasteiger partial charge in [-0.15, -0.1) is 0 Å². The lowest BCUT2D eigenvalue weighted by molar-refractivity contribution is -0.123. The zero-order valence-electron chi connectivity index (χ0n) is 10.5. The molecule has 0 saturated carbocycles. The molecule has 0 fully saturated rings. The van der Waals surface area contributed by atoms with Gasteiger partial charge in [-0.25, -0.2) is 0 Å². The van der Waals surface area contributed by atoms with Gasteiger partial charge < -0.3 is 11.1 Å². The van der Waals surface area contributed by atoms with Crippen LogP contribution in [-0.4, -0.2) is 16.9 Å². The molecule has 0 aliphatic heterocycles. The number of hydrogen-bond donors (Lipinski definition) is 2. The maximum absolute atomic E-state index is 11.8. The predicted octanol–water partition coefficient (Wildman–Crippen LogP) is 1.78. The summed E-state index contributed by atoms with van der Waals surface area (Å²) >= 11 is 0. The van der Waals surface area contributed by atoms with Crippen molar-refractivity contribution in [2.24, 2.45) is 5.73 Å². The van der Waals surface area contributed by atoms with Gasteiger partial charge in [0.1, 0.15) is 0 Å². The summed E-state index contributed by atoms with van der Waals surface area (Å²) in [6, 6.07) is 5.13. The Morgan fingerprint density at radius 2 is 2.29 bits per heavy atom. The molecule has 0 radical (unpaired) electrons. The number of carbonyl (C=O) groups is 1. The summed E-state index contributed by atoms with van der Waals surface area (Å²) in [7, 11) is 0. The molecule has 4 nitrogen and oxygen atoms in total. The van der Waals surface area contributed by atoms with E-state index in [1.54, 1.807) is 6.20 Å². The summed E-state index contributed by atoms with van der Waals surface area (Å²) in [6.45, 7) is 3.99. The highest BCUT2D eigenvalue weighted by Crippen LogP contribution is 2.08. The van der Waals surface area contributed by atoms with Crippen molar-refractivity contribution in [3.05, 3.63) is 30.1 Å². The fourth-order valence-corrected chi connectivity index (χ4v) is 1.58. The molecule has 1 aromatic rings. The number of hydrogen-bond acceptors (Lipinski definition) is 3. The van der Waals surface area contributed by atoms with Crippen molar-refractivity contribution in [3.8, 4) is 0 Å². The first-order valence-electron chi connectivity index (χ1n) is 6.12. The van der Waals surface area contributed by atoms with Gasteiger partial charge in [0.2, 0.25) is 5.91 Å². The largest absolute Gasteiger partial charge is 0.347 e. The molecule has 0 aliphatic carbocycles. The Bertz CT molecular complexity index is 340. The van der Waals surface area contributed by atoms with E-state index in [4.69, 9.17) is 5.73 Å². The van der Waals surface area contributed by atoms with Crippen molar-refractivity contribution < 1.29 is 4.79 Å². The van der Waals surface area contributed by atoms with E-state index in [9.17, 15) is 4.79 Å². The quantitative estimate of drug-likeness (QED) is 0.789. The van der Waals surface area contributed by atoms with E-state index >= 15 is 0 Å². The summed E-state index contributed by atoms with van der Waals surface area (Å²) < 4.78 is 0. The topological polar surface area (TPSA) is 68.0 Å². The fourth-order valence-electron chi connectivity index (χ4n) is 1.58. The number of amides is 1. The van der Waals surface area contributed by atoms with Crippen molar-refractivity contribution in [2.45, 2.75) is 45.2 Å². The first-order chi connectivity index (χ1) is 8.15. The molecule has 4 heteroatoms. The molecular weight excluding hydrogens is 214 g/mol. The summed E-state index contributed by atoms with van der Waals surface area (Å²) in [5, 5.41) is 2.88. The minimum absolute atomic E-state index is 0.100. The van der Waals surface area contributed by atoms with Gasteiger partial charge in [0.25, 0.3) is 0 Å². The smallest absolute Gasteiger partial charge is 0.237 e. The summed E-state index contributed by atoms with van der Waals surface area (Å²) in [5.41, 5.74) is 6.65. The van der Waals surface area contributed by atoms with E-state index < -0.39 is 6.04 Å². The molecule has 1 aromatic heterocycles. The molecule has 17 heavy (non-hydrogen) atoms. The van der Waals surface area contributed by atoms with Crippen LogP contribution in [-0.2, 0) is 4.79 Å². The lowest BCUT2D eigenvalue weighted by Crippen LogP contribution is -2.41. The van der Waals surface area contributed by atoms with Gasteiger partial charge in [-0.3, -0.25) is 9.78 Å². The predicted molar refractivity (Wildman–Crippen MR) is 68.3 cm³/mol. The molecule has 0 aliphatic rings. The number of nitrogens with zero attached hydrogens (tertiary/aromatic N) is 1. The van der Waals surface area contributed by atoms with Crippen molar-refractivity contribution in [3.63, 3.8) is 0 Å². The average molecular weight is 235 g/mol. The second-order valence-electron chi connectivity index (χ2n) is 4.23. The third-order valence-corrected chi connectivity index (χ3v) is 2.70. The van der Waals surface area contributed by atoms with Gasteiger partial charge in [0.15, 0.2) is 0 Å². The Morgan fingerprint density at radius 3 is 2.88 bits per heavy atom. The van der Waals surface area contributed by atoms with E-state index in [-0.39, 0.29) is 11.9 Å². The zero-order chi connectivity index (χ0) is 12.7. The van der Waals surface area contributed by atoms with Crippen LogP contribution < -0.4 is 11.1 Å². The fraction of sp³-hybridized carbons (Fsp3) is 0.538. The highest BCUT2D eigenvalue weighted by atomic mass is 16.2. The summed E-state index contributed by atoms with van der Waals surface area (Å²) in [4.78, 5) is 16.0. The molecule has 94 valence electrons. The van der Waals surface area contributed by atoms with E-state index in [0.717, 1.165) is 25.0 Å². The Kier molecular flexibility index (Phi) is 5.63. The number of carbonyl (C=O) groups excluding carboxylic acids is 1. The molecule has 1 heterocycles. The minimum atomic E-state index is -0.416. The second kappa shape index (κ2) is 7.01. The number of rotatable bonds is 6. The normalized spacial score (nSPS) is 14.1. The van der Waals surface area contributed by atoms with Gasteiger partial charge in [-0.2, -0.15) is 0 Å². The standard InChI is InChI=1S/C13H21N3O/c1-3-4-7-11(14)13(17)16-10(2)12-8-5-6-9-15-12/h5-6,8-11H,3-4,7,14H2,1-2H3,(H,16,17)/t10-,11-/m0/s1. The number of nitrogens with two attached hydrogens (primary N) is 1. The molecular formula is C13H21N3O. The number of aromatic nitrogens is 1. The van der Waals surface area contributed by atoms with Crippen LogP contribution in [0, 0.1) is 0 Å². The van der Waals surface area contributed by atoms with Crippen LogP contribution in [0.5, 0.6) is 0 Å². The highest BCUT2D eigenvalue weighted by Gasteiger charge is 2.16. The van der Waals surface area contributed by atoms with Gasteiger partial charge in [0.05, 0.1) is 17.8 Å². The van der Waals surface area contributed by atoms with Crippen LogP contribution in [0.4, 0.5) is 0 Å². The molecule has 0 aromatic carbocycles. The zero-order valence-corrected chi connectivity index (χ0v) is 10.5. The molecule has 1 amide bonds. The molecule has 3 N–H and O–H groups in total. The van der Waals surface area contributed by atoms with Crippen molar-refractivity contribution >= 4 is 5.91 Å². The Labute approximate surface area is 103 Å². The van der Waals surface area contributed by atoms with Crippen LogP contribution in [0.2, 0.25) is 0 Å². The third-order valence-electron chi connectivity index (χ3n) is 2.70. The lowest BCUT2D eigenvalue weighted by Gasteiger charge is -2.16. The summed E-state index contributed by atoms with van der Waals surface area (Å²) in [6.07, 6.45) is 4.48. The van der Waals surface area contributed by atoms with Crippen LogP contribution in [0.15, 0.2) is 24.4 Å². The van der Waals surface area contributed by atoms with E-state index in [1.165, 1.54) is 0 Å². The maximum atomic E-state index is 11.8. The minimum Gasteiger partial charge on any atom is -0.347 e. The lowest BCUT2D eigenvalue weighted by atomic mass is 10.1. The maximum Gasteiger partial charge on any atom is 0.237 e. The molecule has 0 saturated heterocycles. The molecule has 1 rings (SSSR count). The first kappa shape index (κ1) is 13.6. The summed E-state index contributed by atoms with van der Waals surface area (Å²) in [5.74, 6) is -0.100. The second-order valence-corrected chi connectivity index (χ2v) is 4.23. The first-order valence-corrected chi connectivity index (χ1v) is 6.12. The van der Waals surface area contributed by atoms with Gasteiger partial charge in [-0.1, -0.05) is 25.8 Å². The van der Waals surface area contributed by atoms with Crippen molar-refractivity contribution in [1.82, 2.24) is 10.3 Å². The SMILES string of the molecule is CCCC[C@H](N)C(=O)N[C@@H](C)c1ccccn1. The Morgan fingerprint density at radius 1 is 1.53 bits per heavy atom. The van der Waals surface area contributed by atoms with Gasteiger partial charge in [-0.05, 0) is 25.5 Å². The number of nitrogens with one attached hydrogen (secondary N) is 1. The molecule has 2 atom stereocenters. The molecule has 0 bridgehead atoms. The van der Waals surface area contributed by atoms with Crippen LogP contribution in [0.1, 0.15) is 44.8 Å². The average Bonchev–Trinajstić information content (AvgIpc) is 2.36.